The molecule has 0 saturated carbocycles. The lowest BCUT2D eigenvalue weighted by molar-refractivity contribution is -0.132. The molecule has 7 heteroatoms. The lowest BCUT2D eigenvalue weighted by Crippen LogP contribution is -2.04. The highest BCUT2D eigenvalue weighted by Gasteiger charge is 2.11. The molecular formula is C28H24O7. The summed E-state index contributed by atoms with van der Waals surface area (Å²) >= 11 is 0. The van der Waals surface area contributed by atoms with Crippen LogP contribution in [0, 0.1) is 0 Å². The number of carbonyl (C=O) groups excluding carboxylic acids is 2. The zero-order valence-electron chi connectivity index (χ0n) is 19.5. The third-order valence-electron chi connectivity index (χ3n) is 4.77. The van der Waals surface area contributed by atoms with Crippen LogP contribution in [0.5, 0.6) is 17.2 Å². The Labute approximate surface area is 202 Å². The summed E-state index contributed by atoms with van der Waals surface area (Å²) in [7, 11) is 1.57. The third kappa shape index (κ3) is 7.43. The van der Waals surface area contributed by atoms with Gasteiger partial charge < -0.3 is 19.3 Å². The first-order valence-electron chi connectivity index (χ1n) is 10.6. The van der Waals surface area contributed by atoms with E-state index < -0.39 is 17.9 Å². The molecule has 7 nitrogen and oxygen atoms in total. The Hall–Kier alpha value is -4.65. The van der Waals surface area contributed by atoms with Crippen LogP contribution in [0.15, 0.2) is 66.7 Å². The Morgan fingerprint density at radius 3 is 1.69 bits per heavy atom. The molecule has 178 valence electrons. The summed E-state index contributed by atoms with van der Waals surface area (Å²) in [5, 5.41) is 9.71. The maximum absolute atomic E-state index is 11.9. The summed E-state index contributed by atoms with van der Waals surface area (Å²) in [4.78, 5) is 34.5. The summed E-state index contributed by atoms with van der Waals surface area (Å²) in [6, 6.07) is 18.9. The van der Waals surface area contributed by atoms with Gasteiger partial charge in [0.1, 0.15) is 17.2 Å². The molecule has 0 aliphatic carbocycles. The molecule has 0 unspecified atom stereocenters. The number of hydrogen-bond acceptors (Lipinski definition) is 6. The number of benzene rings is 3. The van der Waals surface area contributed by atoms with Crippen LogP contribution in [-0.4, -0.2) is 30.1 Å². The topological polar surface area (TPSA) is 99.1 Å². The van der Waals surface area contributed by atoms with Crippen molar-refractivity contribution < 1.29 is 33.7 Å². The first kappa shape index (κ1) is 25.0. The van der Waals surface area contributed by atoms with Crippen LogP contribution in [0.3, 0.4) is 0 Å². The molecule has 0 aromatic heterocycles. The number of hydrogen-bond donors (Lipinski definition) is 1. The van der Waals surface area contributed by atoms with Crippen LogP contribution in [-0.2, 0) is 14.4 Å². The zero-order chi connectivity index (χ0) is 25.4. The van der Waals surface area contributed by atoms with Gasteiger partial charge in [-0.25, -0.2) is 4.79 Å². The number of rotatable bonds is 8. The van der Waals surface area contributed by atoms with Crippen LogP contribution in [0.4, 0.5) is 0 Å². The Balaban J connectivity index is 1.84. The quantitative estimate of drug-likeness (QED) is 0.204. The van der Waals surface area contributed by atoms with Gasteiger partial charge in [0.15, 0.2) is 0 Å². The minimum atomic E-state index is -1.04. The number of esters is 2. The Morgan fingerprint density at radius 1 is 0.686 bits per heavy atom. The average molecular weight is 472 g/mol. The highest BCUT2D eigenvalue weighted by molar-refractivity contribution is 6.20. The average Bonchev–Trinajstić information content (AvgIpc) is 2.81. The minimum Gasteiger partial charge on any atom is -0.497 e. The van der Waals surface area contributed by atoms with Crippen molar-refractivity contribution in [3.05, 3.63) is 89.0 Å². The smallest absolute Gasteiger partial charge is 0.336 e. The van der Waals surface area contributed by atoms with Crippen molar-refractivity contribution in [1.29, 1.82) is 0 Å². The van der Waals surface area contributed by atoms with Crippen LogP contribution >= 0.6 is 0 Å². The first-order valence-corrected chi connectivity index (χ1v) is 10.6. The number of carbonyl (C=O) groups is 3. The number of ether oxygens (including phenoxy) is 3. The SMILES string of the molecule is COc1ccc(C=C(C(=O)O)c2ccc(C=Cc3cc(OC(C)=O)cc(OC(C)=O)c3)cc2)cc1. The van der Waals surface area contributed by atoms with Gasteiger partial charge in [-0.15, -0.1) is 0 Å². The Bertz CT molecular complexity index is 1250. The van der Waals surface area contributed by atoms with Gasteiger partial charge in [0.2, 0.25) is 0 Å². The fraction of sp³-hybridized carbons (Fsp3) is 0.107. The number of carboxylic acid groups (broad SMARTS) is 1. The van der Waals surface area contributed by atoms with E-state index in [1.165, 1.54) is 19.9 Å². The summed E-state index contributed by atoms with van der Waals surface area (Å²) in [6.07, 6.45) is 5.17. The van der Waals surface area contributed by atoms with Crippen molar-refractivity contribution in [1.82, 2.24) is 0 Å². The largest absolute Gasteiger partial charge is 0.497 e. The molecule has 0 spiro atoms. The standard InChI is InChI=1S/C28H24O7/c1-18(29)34-25-14-22(15-26(17-25)35-19(2)30)5-4-20-6-10-23(11-7-20)27(28(31)32)16-21-8-12-24(33-3)13-9-21/h4-17H,1-3H3,(H,31,32). The minimum absolute atomic E-state index is 0.158. The van der Waals surface area contributed by atoms with Crippen LogP contribution < -0.4 is 14.2 Å². The lowest BCUT2D eigenvalue weighted by Gasteiger charge is -2.07. The molecule has 3 aromatic carbocycles. The normalized spacial score (nSPS) is 11.2. The number of aliphatic carboxylic acids is 1. The first-order chi connectivity index (χ1) is 16.7. The molecule has 3 aromatic rings. The van der Waals surface area contributed by atoms with Crippen LogP contribution in [0.25, 0.3) is 23.8 Å². The van der Waals surface area contributed by atoms with E-state index in [1.807, 2.05) is 6.08 Å². The van der Waals surface area contributed by atoms with Crippen molar-refractivity contribution in [2.24, 2.45) is 0 Å². The van der Waals surface area contributed by atoms with E-state index in [1.54, 1.807) is 79.9 Å². The molecule has 35 heavy (non-hydrogen) atoms. The van der Waals surface area contributed by atoms with Crippen molar-refractivity contribution in [2.75, 3.05) is 7.11 Å². The fourth-order valence-electron chi connectivity index (χ4n) is 3.24. The van der Waals surface area contributed by atoms with Crippen molar-refractivity contribution in [3.63, 3.8) is 0 Å². The second-order valence-corrected chi connectivity index (χ2v) is 7.52. The van der Waals surface area contributed by atoms with Gasteiger partial charge in [-0.05, 0) is 52.6 Å². The predicted molar refractivity (Wildman–Crippen MR) is 133 cm³/mol. The maximum Gasteiger partial charge on any atom is 0.336 e. The van der Waals surface area contributed by atoms with E-state index >= 15 is 0 Å². The molecule has 0 saturated heterocycles. The van der Waals surface area contributed by atoms with Crippen molar-refractivity contribution in [3.8, 4) is 17.2 Å². The molecule has 0 atom stereocenters. The van der Waals surface area contributed by atoms with Gasteiger partial charge >= 0.3 is 17.9 Å². The summed E-state index contributed by atoms with van der Waals surface area (Å²) in [5.41, 5.74) is 2.92. The summed E-state index contributed by atoms with van der Waals surface area (Å²) in [5.74, 6) is -0.834. The van der Waals surface area contributed by atoms with E-state index in [-0.39, 0.29) is 17.1 Å². The second-order valence-electron chi connectivity index (χ2n) is 7.52. The molecule has 0 aliphatic heterocycles. The highest BCUT2D eigenvalue weighted by atomic mass is 16.5. The second kappa shape index (κ2) is 11.5. The predicted octanol–water partition coefficient (Wildman–Crippen LogP) is 5.34. The van der Waals surface area contributed by atoms with Crippen LogP contribution in [0.2, 0.25) is 0 Å². The van der Waals surface area contributed by atoms with E-state index in [9.17, 15) is 19.5 Å². The van der Waals surface area contributed by atoms with E-state index in [0.717, 1.165) is 11.1 Å². The molecule has 0 bridgehead atoms. The maximum atomic E-state index is 11.9. The summed E-state index contributed by atoms with van der Waals surface area (Å²) < 4.78 is 15.4. The van der Waals surface area contributed by atoms with Gasteiger partial charge in [0, 0.05) is 19.9 Å². The third-order valence-corrected chi connectivity index (χ3v) is 4.77. The lowest BCUT2D eigenvalue weighted by atomic mass is 10.0. The number of methoxy groups -OCH3 is 1. The van der Waals surface area contributed by atoms with Gasteiger partial charge in [0.05, 0.1) is 12.7 Å². The van der Waals surface area contributed by atoms with E-state index in [4.69, 9.17) is 14.2 Å². The number of carboxylic acids is 1. The molecule has 0 amide bonds. The fourth-order valence-corrected chi connectivity index (χ4v) is 3.24. The zero-order valence-corrected chi connectivity index (χ0v) is 19.5. The van der Waals surface area contributed by atoms with Crippen molar-refractivity contribution >= 4 is 41.7 Å². The molecule has 0 radical (unpaired) electrons. The molecule has 1 N–H and O–H groups in total. The van der Waals surface area contributed by atoms with Gasteiger partial charge in [-0.3, -0.25) is 9.59 Å². The Morgan fingerprint density at radius 2 is 1.20 bits per heavy atom. The van der Waals surface area contributed by atoms with Gasteiger partial charge in [0.25, 0.3) is 0 Å². The van der Waals surface area contributed by atoms with Crippen LogP contribution in [0.1, 0.15) is 36.1 Å². The summed E-state index contributed by atoms with van der Waals surface area (Å²) in [6.45, 7) is 2.56. The monoisotopic (exact) mass is 472 g/mol. The van der Waals surface area contributed by atoms with Crippen molar-refractivity contribution in [2.45, 2.75) is 13.8 Å². The molecule has 0 heterocycles. The Kier molecular flexibility index (Phi) is 8.19. The molecule has 0 fully saturated rings. The molecule has 3 rings (SSSR count). The highest BCUT2D eigenvalue weighted by Crippen LogP contribution is 2.26. The molecular weight excluding hydrogens is 448 g/mol. The van der Waals surface area contributed by atoms with E-state index in [0.29, 0.717) is 16.9 Å². The van der Waals surface area contributed by atoms with E-state index in [2.05, 4.69) is 0 Å². The van der Waals surface area contributed by atoms with Gasteiger partial charge in [-0.1, -0.05) is 48.6 Å². The van der Waals surface area contributed by atoms with Gasteiger partial charge in [-0.2, -0.15) is 0 Å². The molecule has 0 aliphatic rings.